The molecule has 2 rings (SSSR count). The summed E-state index contributed by atoms with van der Waals surface area (Å²) >= 11 is 3.37. The number of hydrogen-bond acceptors (Lipinski definition) is 2. The number of aliphatic hydroxyl groups is 1. The molecule has 0 fully saturated rings. The van der Waals surface area contributed by atoms with Crippen molar-refractivity contribution in [2.45, 2.75) is 32.9 Å². The van der Waals surface area contributed by atoms with E-state index in [2.05, 4.69) is 21.0 Å². The lowest BCUT2D eigenvalue weighted by atomic mass is 10.0. The van der Waals surface area contributed by atoms with Crippen molar-refractivity contribution in [3.8, 4) is 0 Å². The summed E-state index contributed by atoms with van der Waals surface area (Å²) in [7, 11) is 0. The molecule has 0 bridgehead atoms. The maximum Gasteiger partial charge on any atom is 0.161 e. The minimum absolute atomic E-state index is 0.0389. The molecule has 3 nitrogen and oxygen atoms in total. The second-order valence-corrected chi connectivity index (χ2v) is 5.46. The van der Waals surface area contributed by atoms with E-state index < -0.39 is 23.6 Å². The van der Waals surface area contributed by atoms with Gasteiger partial charge in [-0.1, -0.05) is 0 Å². The Bertz CT molecular complexity index is 673. The van der Waals surface area contributed by atoms with E-state index in [0.29, 0.717) is 28.8 Å². The van der Waals surface area contributed by atoms with E-state index in [1.54, 1.807) is 11.6 Å². The molecule has 0 aliphatic rings. The summed E-state index contributed by atoms with van der Waals surface area (Å²) in [6.45, 7) is 4.26. The van der Waals surface area contributed by atoms with Crippen molar-refractivity contribution < 1.29 is 18.3 Å². The van der Waals surface area contributed by atoms with Gasteiger partial charge in [-0.2, -0.15) is 5.10 Å². The third-order valence-electron chi connectivity index (χ3n) is 3.24. The molecule has 1 heterocycles. The third-order valence-corrected chi connectivity index (χ3v) is 4.27. The lowest BCUT2D eigenvalue weighted by molar-refractivity contribution is 0.169. The monoisotopic (exact) mass is 362 g/mol. The lowest BCUT2D eigenvalue weighted by Crippen LogP contribution is -2.11. The molecule has 21 heavy (non-hydrogen) atoms. The van der Waals surface area contributed by atoms with Gasteiger partial charge >= 0.3 is 0 Å². The summed E-state index contributed by atoms with van der Waals surface area (Å²) in [5, 5.41) is 14.4. The molecule has 2 aromatic rings. The molecule has 0 spiro atoms. The molecular formula is C14H14BrF3N2O. The minimum atomic E-state index is -1.29. The molecule has 1 aromatic heterocycles. The SMILES string of the molecule is CCn1nc(C)c(Br)c1CC(O)c1cc(F)c(F)cc1F. The van der Waals surface area contributed by atoms with Crippen molar-refractivity contribution in [1.29, 1.82) is 0 Å². The minimum Gasteiger partial charge on any atom is -0.388 e. The van der Waals surface area contributed by atoms with E-state index in [1.807, 2.05) is 6.92 Å². The number of hydrogen-bond donors (Lipinski definition) is 1. The van der Waals surface area contributed by atoms with Gasteiger partial charge in [0.05, 0.1) is 22.0 Å². The van der Waals surface area contributed by atoms with Gasteiger partial charge in [0.2, 0.25) is 0 Å². The van der Waals surface area contributed by atoms with Crippen molar-refractivity contribution in [3.63, 3.8) is 0 Å². The number of nitrogens with zero attached hydrogens (tertiary/aromatic N) is 2. The lowest BCUT2D eigenvalue weighted by Gasteiger charge is -2.14. The number of rotatable bonds is 4. The molecule has 0 aliphatic heterocycles. The van der Waals surface area contributed by atoms with Crippen LogP contribution in [0.25, 0.3) is 0 Å². The Morgan fingerprint density at radius 1 is 1.24 bits per heavy atom. The molecule has 1 aromatic carbocycles. The van der Waals surface area contributed by atoms with Crippen LogP contribution in [-0.2, 0) is 13.0 Å². The van der Waals surface area contributed by atoms with Crippen LogP contribution in [0.15, 0.2) is 16.6 Å². The molecule has 114 valence electrons. The Morgan fingerprint density at radius 2 is 1.86 bits per heavy atom. The third kappa shape index (κ3) is 3.13. The first-order chi connectivity index (χ1) is 9.85. The molecule has 1 N–H and O–H groups in total. The van der Waals surface area contributed by atoms with Gasteiger partial charge in [0.1, 0.15) is 5.82 Å². The van der Waals surface area contributed by atoms with Crippen molar-refractivity contribution in [1.82, 2.24) is 9.78 Å². The molecule has 7 heteroatoms. The first kappa shape index (κ1) is 16.0. The highest BCUT2D eigenvalue weighted by atomic mass is 79.9. The van der Waals surface area contributed by atoms with Crippen LogP contribution in [0, 0.1) is 24.4 Å². The molecule has 0 saturated carbocycles. The van der Waals surface area contributed by atoms with E-state index >= 15 is 0 Å². The number of benzene rings is 1. The zero-order valence-electron chi connectivity index (χ0n) is 11.5. The van der Waals surface area contributed by atoms with E-state index in [1.165, 1.54) is 0 Å². The van der Waals surface area contributed by atoms with Crippen LogP contribution < -0.4 is 0 Å². The molecule has 0 radical (unpaired) electrons. The maximum atomic E-state index is 13.7. The molecular weight excluding hydrogens is 349 g/mol. The van der Waals surface area contributed by atoms with Crippen LogP contribution in [-0.4, -0.2) is 14.9 Å². The van der Waals surface area contributed by atoms with Crippen LogP contribution in [0.5, 0.6) is 0 Å². The zero-order valence-corrected chi connectivity index (χ0v) is 13.1. The summed E-state index contributed by atoms with van der Waals surface area (Å²) in [5.41, 5.74) is 1.14. The predicted octanol–water partition coefficient (Wildman–Crippen LogP) is 3.67. The highest BCUT2D eigenvalue weighted by Gasteiger charge is 2.21. The Hall–Kier alpha value is -1.34. The average molecular weight is 363 g/mol. The fourth-order valence-corrected chi connectivity index (χ4v) is 2.60. The summed E-state index contributed by atoms with van der Waals surface area (Å²) in [6.07, 6.45) is -1.25. The van der Waals surface area contributed by atoms with E-state index in [-0.39, 0.29) is 12.0 Å². The Balaban J connectivity index is 2.34. The van der Waals surface area contributed by atoms with Gasteiger partial charge in [-0.15, -0.1) is 0 Å². The quantitative estimate of drug-likeness (QED) is 0.842. The van der Waals surface area contributed by atoms with Crippen LogP contribution in [0.4, 0.5) is 13.2 Å². The molecule has 1 atom stereocenters. The standard InChI is InChI=1S/C14H14BrF3N2O/c1-3-20-12(14(15)7(2)19-20)6-13(21)8-4-10(17)11(18)5-9(8)16/h4-5,13,21H,3,6H2,1-2H3. The normalized spacial score (nSPS) is 12.7. The van der Waals surface area contributed by atoms with Crippen LogP contribution >= 0.6 is 15.9 Å². The van der Waals surface area contributed by atoms with E-state index in [4.69, 9.17) is 0 Å². The van der Waals surface area contributed by atoms with Crippen LogP contribution in [0.1, 0.15) is 30.0 Å². The first-order valence-corrected chi connectivity index (χ1v) is 7.18. The van der Waals surface area contributed by atoms with Crippen LogP contribution in [0.3, 0.4) is 0 Å². The van der Waals surface area contributed by atoms with Crippen molar-refractivity contribution in [3.05, 3.63) is 51.0 Å². The number of aryl methyl sites for hydroxylation is 2. The van der Waals surface area contributed by atoms with Gasteiger partial charge in [-0.05, 0) is 35.8 Å². The predicted molar refractivity (Wildman–Crippen MR) is 75.3 cm³/mol. The number of aliphatic hydroxyl groups excluding tert-OH is 1. The summed E-state index contributed by atoms with van der Waals surface area (Å²) in [6, 6.07) is 1.12. The fraction of sp³-hybridized carbons (Fsp3) is 0.357. The Labute approximate surface area is 128 Å². The Morgan fingerprint density at radius 3 is 2.48 bits per heavy atom. The molecule has 1 unspecified atom stereocenters. The van der Waals surface area contributed by atoms with Gasteiger partial charge in [-0.25, -0.2) is 13.2 Å². The highest BCUT2D eigenvalue weighted by molar-refractivity contribution is 9.10. The van der Waals surface area contributed by atoms with Crippen molar-refractivity contribution in [2.24, 2.45) is 0 Å². The summed E-state index contributed by atoms with van der Waals surface area (Å²) in [4.78, 5) is 0. The second-order valence-electron chi connectivity index (χ2n) is 4.67. The number of halogens is 4. The smallest absolute Gasteiger partial charge is 0.161 e. The number of aromatic nitrogens is 2. The zero-order chi connectivity index (χ0) is 15.7. The summed E-state index contributed by atoms with van der Waals surface area (Å²) in [5.74, 6) is -3.44. The van der Waals surface area contributed by atoms with Crippen LogP contribution in [0.2, 0.25) is 0 Å². The van der Waals surface area contributed by atoms with Gasteiger partial charge in [0, 0.05) is 24.6 Å². The largest absolute Gasteiger partial charge is 0.388 e. The average Bonchev–Trinajstić information content (AvgIpc) is 2.70. The van der Waals surface area contributed by atoms with Crippen molar-refractivity contribution in [2.75, 3.05) is 0 Å². The molecule has 0 aliphatic carbocycles. The van der Waals surface area contributed by atoms with Gasteiger partial charge in [0.15, 0.2) is 11.6 Å². The topological polar surface area (TPSA) is 38.0 Å². The fourth-order valence-electron chi connectivity index (χ4n) is 2.15. The molecule has 0 amide bonds. The van der Waals surface area contributed by atoms with Gasteiger partial charge in [-0.3, -0.25) is 4.68 Å². The first-order valence-electron chi connectivity index (χ1n) is 6.39. The van der Waals surface area contributed by atoms with Crippen molar-refractivity contribution >= 4 is 15.9 Å². The highest BCUT2D eigenvalue weighted by Crippen LogP contribution is 2.28. The van der Waals surface area contributed by atoms with Gasteiger partial charge < -0.3 is 5.11 Å². The molecule has 0 saturated heterocycles. The van der Waals surface area contributed by atoms with E-state index in [0.717, 1.165) is 5.69 Å². The van der Waals surface area contributed by atoms with E-state index in [9.17, 15) is 18.3 Å². The summed E-state index contributed by atoms with van der Waals surface area (Å²) < 4.78 is 42.2. The maximum absolute atomic E-state index is 13.7. The van der Waals surface area contributed by atoms with Gasteiger partial charge in [0.25, 0.3) is 0 Å². The second kappa shape index (κ2) is 6.19. The Kier molecular flexibility index (Phi) is 4.73.